The Labute approximate surface area is 129 Å². The Balaban J connectivity index is 1.68. The predicted molar refractivity (Wildman–Crippen MR) is 83.7 cm³/mol. The van der Waals surface area contributed by atoms with Crippen LogP contribution in [0, 0.1) is 0 Å². The summed E-state index contributed by atoms with van der Waals surface area (Å²) in [4.78, 5) is 0.795. The highest BCUT2D eigenvalue weighted by Crippen LogP contribution is 2.31. The van der Waals surface area contributed by atoms with E-state index in [1.807, 2.05) is 22.7 Å². The molecule has 0 aliphatic heterocycles. The van der Waals surface area contributed by atoms with E-state index >= 15 is 0 Å². The highest BCUT2D eigenvalue weighted by atomic mass is 32.1. The summed E-state index contributed by atoms with van der Waals surface area (Å²) in [6.07, 6.45) is 3.29. The molecule has 0 radical (unpaired) electrons. The normalized spacial score (nSPS) is 13.8. The SMILES string of the molecule is c1ccc(-c2nn3c(-c4n[nH]c5c4CCC5)nnc3s2)cc1. The van der Waals surface area contributed by atoms with Crippen molar-refractivity contribution >= 4 is 16.3 Å². The summed E-state index contributed by atoms with van der Waals surface area (Å²) < 4.78 is 1.81. The number of aromatic amines is 1. The molecule has 7 heteroatoms. The largest absolute Gasteiger partial charge is 0.282 e. The summed E-state index contributed by atoms with van der Waals surface area (Å²) in [6.45, 7) is 0. The molecule has 1 aromatic carbocycles. The molecule has 1 N–H and O–H groups in total. The molecular weight excluding hydrogens is 296 g/mol. The van der Waals surface area contributed by atoms with Crippen LogP contribution in [0.25, 0.3) is 27.1 Å². The van der Waals surface area contributed by atoms with Gasteiger partial charge in [-0.15, -0.1) is 10.2 Å². The Morgan fingerprint density at radius 1 is 1.09 bits per heavy atom. The third-order valence-electron chi connectivity index (χ3n) is 4.03. The van der Waals surface area contributed by atoms with E-state index in [4.69, 9.17) is 0 Å². The van der Waals surface area contributed by atoms with Crippen LogP contribution in [-0.2, 0) is 12.8 Å². The van der Waals surface area contributed by atoms with Gasteiger partial charge in [-0.25, -0.2) is 0 Å². The van der Waals surface area contributed by atoms with E-state index in [-0.39, 0.29) is 0 Å². The standard InChI is InChI=1S/C15H12N6S/c1-2-5-9(6-3-1)14-20-21-13(18-19-15(21)22-14)12-10-7-4-8-11(10)16-17-12/h1-3,5-6H,4,7-8H2,(H,16,17). The maximum Gasteiger partial charge on any atom is 0.235 e. The van der Waals surface area contributed by atoms with Gasteiger partial charge in [0.05, 0.1) is 0 Å². The predicted octanol–water partition coefficient (Wildman–Crippen LogP) is 2.73. The van der Waals surface area contributed by atoms with E-state index in [9.17, 15) is 0 Å². The van der Waals surface area contributed by atoms with Gasteiger partial charge in [0.25, 0.3) is 0 Å². The smallest absolute Gasteiger partial charge is 0.235 e. The summed E-state index contributed by atoms with van der Waals surface area (Å²) in [6, 6.07) is 10.1. The quantitative estimate of drug-likeness (QED) is 0.618. The summed E-state index contributed by atoms with van der Waals surface area (Å²) in [5, 5.41) is 21.7. The van der Waals surface area contributed by atoms with Gasteiger partial charge in [0, 0.05) is 16.8 Å². The van der Waals surface area contributed by atoms with Crippen LogP contribution >= 0.6 is 11.3 Å². The summed E-state index contributed by atoms with van der Waals surface area (Å²) in [5.41, 5.74) is 4.48. The van der Waals surface area contributed by atoms with Crippen molar-refractivity contribution in [1.82, 2.24) is 30.0 Å². The second-order valence-corrected chi connectivity index (χ2v) is 6.33. The van der Waals surface area contributed by atoms with Gasteiger partial charge in [-0.05, 0) is 19.3 Å². The molecule has 0 atom stereocenters. The molecule has 22 heavy (non-hydrogen) atoms. The summed E-state index contributed by atoms with van der Waals surface area (Å²) in [5.74, 6) is 0.729. The van der Waals surface area contributed by atoms with Crippen molar-refractivity contribution < 1.29 is 0 Å². The number of hydrogen-bond acceptors (Lipinski definition) is 5. The maximum absolute atomic E-state index is 4.68. The van der Waals surface area contributed by atoms with Gasteiger partial charge in [0.15, 0.2) is 0 Å². The molecule has 6 nitrogen and oxygen atoms in total. The van der Waals surface area contributed by atoms with Gasteiger partial charge in [-0.1, -0.05) is 41.7 Å². The molecule has 3 aromatic heterocycles. The van der Waals surface area contributed by atoms with Crippen molar-refractivity contribution in [2.75, 3.05) is 0 Å². The lowest BCUT2D eigenvalue weighted by molar-refractivity contribution is 0.859. The van der Waals surface area contributed by atoms with Crippen LogP contribution in [-0.4, -0.2) is 30.0 Å². The van der Waals surface area contributed by atoms with Crippen molar-refractivity contribution in [1.29, 1.82) is 0 Å². The first kappa shape index (κ1) is 12.0. The highest BCUT2D eigenvalue weighted by Gasteiger charge is 2.24. The minimum absolute atomic E-state index is 0.729. The van der Waals surface area contributed by atoms with Gasteiger partial charge in [0.2, 0.25) is 10.8 Å². The molecule has 4 aromatic rings. The lowest BCUT2D eigenvalue weighted by atomic mass is 10.2. The van der Waals surface area contributed by atoms with E-state index in [2.05, 4.69) is 37.6 Å². The minimum atomic E-state index is 0.729. The zero-order chi connectivity index (χ0) is 14.5. The second-order valence-electron chi connectivity index (χ2n) is 5.37. The van der Waals surface area contributed by atoms with Crippen LogP contribution < -0.4 is 0 Å². The van der Waals surface area contributed by atoms with Gasteiger partial charge >= 0.3 is 0 Å². The van der Waals surface area contributed by atoms with E-state index in [1.165, 1.54) is 17.7 Å². The van der Waals surface area contributed by atoms with Crippen molar-refractivity contribution in [2.24, 2.45) is 0 Å². The van der Waals surface area contributed by atoms with E-state index < -0.39 is 0 Å². The first-order chi connectivity index (χ1) is 10.9. The number of fused-ring (bicyclic) bond motifs is 2. The fraction of sp³-hybridized carbons (Fsp3) is 0.200. The number of nitrogens with zero attached hydrogens (tertiary/aromatic N) is 5. The molecule has 3 heterocycles. The molecule has 108 valence electrons. The molecular formula is C15H12N6S. The van der Waals surface area contributed by atoms with E-state index in [0.717, 1.165) is 39.9 Å². The third-order valence-corrected chi connectivity index (χ3v) is 4.98. The number of rotatable bonds is 2. The summed E-state index contributed by atoms with van der Waals surface area (Å²) in [7, 11) is 0. The van der Waals surface area contributed by atoms with Gasteiger partial charge in [-0.3, -0.25) is 5.10 Å². The molecule has 1 aliphatic rings. The van der Waals surface area contributed by atoms with E-state index in [1.54, 1.807) is 11.3 Å². The number of benzene rings is 1. The van der Waals surface area contributed by atoms with Crippen LogP contribution in [0.2, 0.25) is 0 Å². The van der Waals surface area contributed by atoms with Crippen LogP contribution in [0.5, 0.6) is 0 Å². The molecule has 0 bridgehead atoms. The Morgan fingerprint density at radius 3 is 2.91 bits per heavy atom. The van der Waals surface area contributed by atoms with Crippen LogP contribution in [0.15, 0.2) is 30.3 Å². The maximum atomic E-state index is 4.68. The van der Waals surface area contributed by atoms with Crippen molar-refractivity contribution in [3.05, 3.63) is 41.6 Å². The number of nitrogens with one attached hydrogen (secondary N) is 1. The lowest BCUT2D eigenvalue weighted by Gasteiger charge is -1.95. The monoisotopic (exact) mass is 308 g/mol. The molecule has 0 saturated heterocycles. The van der Waals surface area contributed by atoms with Crippen LogP contribution in [0.1, 0.15) is 17.7 Å². The molecule has 0 saturated carbocycles. The average Bonchev–Trinajstić information content (AvgIpc) is 3.28. The minimum Gasteiger partial charge on any atom is -0.282 e. The Kier molecular flexibility index (Phi) is 2.45. The molecule has 0 unspecified atom stereocenters. The molecule has 1 aliphatic carbocycles. The average molecular weight is 308 g/mol. The lowest BCUT2D eigenvalue weighted by Crippen LogP contribution is -1.94. The summed E-state index contributed by atoms with van der Waals surface area (Å²) >= 11 is 1.54. The molecule has 5 rings (SSSR count). The van der Waals surface area contributed by atoms with Gasteiger partial charge in [-0.2, -0.15) is 14.7 Å². The van der Waals surface area contributed by atoms with Crippen LogP contribution in [0.4, 0.5) is 0 Å². The zero-order valence-electron chi connectivity index (χ0n) is 11.7. The molecule has 0 amide bonds. The first-order valence-corrected chi connectivity index (χ1v) is 8.06. The van der Waals surface area contributed by atoms with Crippen LogP contribution in [0.3, 0.4) is 0 Å². The number of aromatic nitrogens is 6. The fourth-order valence-electron chi connectivity index (χ4n) is 2.97. The Morgan fingerprint density at radius 2 is 2.00 bits per heavy atom. The third kappa shape index (κ3) is 1.66. The molecule has 0 fully saturated rings. The Bertz CT molecular complexity index is 965. The number of H-pyrrole nitrogens is 1. The first-order valence-electron chi connectivity index (χ1n) is 7.24. The second kappa shape index (κ2) is 4.48. The highest BCUT2D eigenvalue weighted by molar-refractivity contribution is 7.19. The zero-order valence-corrected chi connectivity index (χ0v) is 12.5. The van der Waals surface area contributed by atoms with Gasteiger partial charge < -0.3 is 0 Å². The molecule has 0 spiro atoms. The van der Waals surface area contributed by atoms with Crippen molar-refractivity contribution in [3.8, 4) is 22.1 Å². The number of aryl methyl sites for hydroxylation is 1. The topological polar surface area (TPSA) is 71.8 Å². The fourth-order valence-corrected chi connectivity index (χ4v) is 3.81. The Hall–Kier alpha value is -2.54. The van der Waals surface area contributed by atoms with Gasteiger partial charge in [0.1, 0.15) is 10.7 Å². The van der Waals surface area contributed by atoms with Crippen molar-refractivity contribution in [2.45, 2.75) is 19.3 Å². The van der Waals surface area contributed by atoms with E-state index in [0.29, 0.717) is 0 Å². The van der Waals surface area contributed by atoms with Crippen molar-refractivity contribution in [3.63, 3.8) is 0 Å². The number of hydrogen-bond donors (Lipinski definition) is 1.